The smallest absolute Gasteiger partial charge is 0.338 e. The summed E-state index contributed by atoms with van der Waals surface area (Å²) in [5, 5.41) is 11.1. The minimum absolute atomic E-state index is 0.0555. The van der Waals surface area contributed by atoms with Gasteiger partial charge in [0.2, 0.25) is 0 Å². The largest absolute Gasteiger partial charge is 0.507 e. The number of amides is 1. The fourth-order valence-corrected chi connectivity index (χ4v) is 4.04. The molecule has 0 aliphatic carbocycles. The molecule has 1 amide bonds. The summed E-state index contributed by atoms with van der Waals surface area (Å²) >= 11 is 0. The quantitative estimate of drug-likeness (QED) is 0.247. The van der Waals surface area contributed by atoms with E-state index in [1.807, 2.05) is 0 Å². The van der Waals surface area contributed by atoms with Crippen molar-refractivity contribution >= 4 is 23.4 Å². The van der Waals surface area contributed by atoms with Crippen LogP contribution in [0.3, 0.4) is 0 Å². The number of aromatic nitrogens is 1. The van der Waals surface area contributed by atoms with Crippen LogP contribution in [-0.2, 0) is 20.9 Å². The first kappa shape index (κ1) is 23.8. The highest BCUT2D eigenvalue weighted by atomic mass is 19.1. The number of aliphatic hydroxyl groups excluding tert-OH is 1. The summed E-state index contributed by atoms with van der Waals surface area (Å²) in [5.41, 5.74) is 2.08. The van der Waals surface area contributed by atoms with E-state index in [2.05, 4.69) is 4.98 Å². The van der Waals surface area contributed by atoms with Crippen molar-refractivity contribution in [3.63, 3.8) is 0 Å². The first-order valence-corrected chi connectivity index (χ1v) is 11.0. The van der Waals surface area contributed by atoms with Crippen LogP contribution in [0.1, 0.15) is 45.6 Å². The molecule has 1 N–H and O–H groups in total. The van der Waals surface area contributed by atoms with E-state index >= 15 is 0 Å². The first-order valence-electron chi connectivity index (χ1n) is 11.0. The number of hydrogen-bond acceptors (Lipinski definition) is 6. The molecular weight excluding hydrogens is 451 g/mol. The standard InChI is InChI=1S/C27H23FN2O5/c1-3-35-27(34)19-6-4-17(5-7-19)15-30-23(18-10-12-29-13-11-18)22(25(32)26(30)33)24(31)20-8-9-21(28)16(2)14-20/h4-14,23,31H,3,15H2,1-2H3/b24-22-. The van der Waals surface area contributed by atoms with E-state index in [0.717, 1.165) is 0 Å². The van der Waals surface area contributed by atoms with Gasteiger partial charge in [-0.05, 0) is 73.0 Å². The number of likely N-dealkylation sites (tertiary alicyclic amines) is 1. The van der Waals surface area contributed by atoms with E-state index in [1.165, 1.54) is 35.5 Å². The topological polar surface area (TPSA) is 96.8 Å². The Bertz CT molecular complexity index is 1320. The molecule has 3 aromatic rings. The number of aliphatic hydroxyl groups is 1. The molecule has 0 saturated carbocycles. The van der Waals surface area contributed by atoms with Crippen molar-refractivity contribution in [3.05, 3.63) is 106 Å². The summed E-state index contributed by atoms with van der Waals surface area (Å²) in [7, 11) is 0. The number of ether oxygens (including phenoxy) is 1. The van der Waals surface area contributed by atoms with Crippen LogP contribution in [0, 0.1) is 12.7 Å². The Morgan fingerprint density at radius 3 is 2.34 bits per heavy atom. The van der Waals surface area contributed by atoms with Gasteiger partial charge in [0.15, 0.2) is 0 Å². The lowest BCUT2D eigenvalue weighted by Crippen LogP contribution is -2.29. The monoisotopic (exact) mass is 474 g/mol. The van der Waals surface area contributed by atoms with Crippen LogP contribution >= 0.6 is 0 Å². The number of aryl methyl sites for hydroxylation is 1. The number of hydrogen-bond donors (Lipinski definition) is 1. The fourth-order valence-electron chi connectivity index (χ4n) is 4.04. The molecule has 1 saturated heterocycles. The molecule has 35 heavy (non-hydrogen) atoms. The third kappa shape index (κ3) is 4.68. The summed E-state index contributed by atoms with van der Waals surface area (Å²) < 4.78 is 18.8. The maximum atomic E-state index is 13.8. The molecule has 7 nitrogen and oxygen atoms in total. The van der Waals surface area contributed by atoms with Crippen molar-refractivity contribution in [2.24, 2.45) is 0 Å². The van der Waals surface area contributed by atoms with Gasteiger partial charge >= 0.3 is 5.97 Å². The maximum absolute atomic E-state index is 13.8. The maximum Gasteiger partial charge on any atom is 0.338 e. The van der Waals surface area contributed by atoms with Gasteiger partial charge < -0.3 is 14.7 Å². The van der Waals surface area contributed by atoms with Gasteiger partial charge in [0.1, 0.15) is 11.6 Å². The number of carbonyl (C=O) groups is 3. The molecule has 0 bridgehead atoms. The number of ketones is 1. The zero-order valence-electron chi connectivity index (χ0n) is 19.2. The van der Waals surface area contributed by atoms with Gasteiger partial charge in [-0.25, -0.2) is 9.18 Å². The zero-order valence-corrected chi connectivity index (χ0v) is 19.2. The van der Waals surface area contributed by atoms with E-state index < -0.39 is 29.5 Å². The van der Waals surface area contributed by atoms with Crippen molar-refractivity contribution < 1.29 is 28.6 Å². The summed E-state index contributed by atoms with van der Waals surface area (Å²) in [6.07, 6.45) is 3.07. The molecule has 1 unspecified atom stereocenters. The van der Waals surface area contributed by atoms with Crippen LogP contribution in [-0.4, -0.2) is 39.3 Å². The van der Waals surface area contributed by atoms with Crippen molar-refractivity contribution in [1.29, 1.82) is 0 Å². The number of Topliss-reactive ketones (excluding diaryl/α,β-unsaturated/α-hetero) is 1. The molecule has 8 heteroatoms. The van der Waals surface area contributed by atoms with Crippen molar-refractivity contribution in [2.45, 2.75) is 26.4 Å². The van der Waals surface area contributed by atoms with E-state index in [1.54, 1.807) is 50.2 Å². The minimum Gasteiger partial charge on any atom is -0.507 e. The second-order valence-electron chi connectivity index (χ2n) is 8.09. The summed E-state index contributed by atoms with van der Waals surface area (Å²) in [5.74, 6) is -2.89. The second kappa shape index (κ2) is 9.89. The molecule has 1 atom stereocenters. The molecule has 2 aromatic carbocycles. The molecule has 1 fully saturated rings. The molecule has 4 rings (SSSR count). The number of esters is 1. The number of benzene rings is 2. The number of nitrogens with zero attached hydrogens (tertiary/aromatic N) is 2. The Morgan fingerprint density at radius 2 is 1.71 bits per heavy atom. The normalized spacial score (nSPS) is 17.0. The predicted octanol–water partition coefficient (Wildman–Crippen LogP) is 4.33. The van der Waals surface area contributed by atoms with Crippen LogP contribution in [0.25, 0.3) is 5.76 Å². The highest BCUT2D eigenvalue weighted by Gasteiger charge is 2.46. The number of pyridine rings is 1. The van der Waals surface area contributed by atoms with Gasteiger partial charge in [-0.15, -0.1) is 0 Å². The average Bonchev–Trinajstić information content (AvgIpc) is 3.11. The molecule has 1 aromatic heterocycles. The SMILES string of the molecule is CCOC(=O)c1ccc(CN2C(=O)C(=O)/C(=C(\O)c3ccc(F)c(C)c3)C2c2ccncc2)cc1. The second-order valence-corrected chi connectivity index (χ2v) is 8.09. The van der Waals surface area contributed by atoms with Crippen LogP contribution < -0.4 is 0 Å². The molecule has 0 spiro atoms. The van der Waals surface area contributed by atoms with Gasteiger partial charge in [0.25, 0.3) is 11.7 Å². The van der Waals surface area contributed by atoms with E-state index in [9.17, 15) is 23.9 Å². The Balaban J connectivity index is 1.76. The molecule has 0 radical (unpaired) electrons. The van der Waals surface area contributed by atoms with E-state index in [-0.39, 0.29) is 30.0 Å². The number of carbonyl (C=O) groups excluding carboxylic acids is 3. The highest BCUT2D eigenvalue weighted by molar-refractivity contribution is 6.46. The lowest BCUT2D eigenvalue weighted by molar-refractivity contribution is -0.140. The van der Waals surface area contributed by atoms with Crippen molar-refractivity contribution in [1.82, 2.24) is 9.88 Å². The zero-order chi connectivity index (χ0) is 25.1. The molecule has 178 valence electrons. The Labute approximate surface area is 201 Å². The van der Waals surface area contributed by atoms with Gasteiger partial charge in [-0.1, -0.05) is 12.1 Å². The lowest BCUT2D eigenvalue weighted by atomic mass is 9.95. The van der Waals surface area contributed by atoms with Gasteiger partial charge in [0, 0.05) is 24.5 Å². The van der Waals surface area contributed by atoms with Crippen molar-refractivity contribution in [3.8, 4) is 0 Å². The van der Waals surface area contributed by atoms with Crippen LogP contribution in [0.2, 0.25) is 0 Å². The third-order valence-electron chi connectivity index (χ3n) is 5.81. The predicted molar refractivity (Wildman–Crippen MR) is 126 cm³/mol. The van der Waals surface area contributed by atoms with Crippen LogP contribution in [0.15, 0.2) is 72.6 Å². The Hall–Kier alpha value is -4.33. The third-order valence-corrected chi connectivity index (χ3v) is 5.81. The summed E-state index contributed by atoms with van der Waals surface area (Å²) in [6, 6.07) is 13.0. The van der Waals surface area contributed by atoms with Crippen LogP contribution in [0.4, 0.5) is 4.39 Å². The molecule has 2 heterocycles. The van der Waals surface area contributed by atoms with Gasteiger partial charge in [0.05, 0.1) is 23.8 Å². The minimum atomic E-state index is -0.881. The van der Waals surface area contributed by atoms with E-state index in [4.69, 9.17) is 4.74 Å². The highest BCUT2D eigenvalue weighted by Crippen LogP contribution is 2.40. The fraction of sp³-hybridized carbons (Fsp3) is 0.185. The molecule has 1 aliphatic heterocycles. The Kier molecular flexibility index (Phi) is 6.73. The molecular formula is C27H23FN2O5. The number of halogens is 1. The van der Waals surface area contributed by atoms with Crippen molar-refractivity contribution in [2.75, 3.05) is 6.61 Å². The summed E-state index contributed by atoms with van der Waals surface area (Å²) in [6.45, 7) is 3.57. The van der Waals surface area contributed by atoms with E-state index in [0.29, 0.717) is 22.3 Å². The number of rotatable bonds is 6. The Morgan fingerprint density at radius 1 is 1.06 bits per heavy atom. The van der Waals surface area contributed by atoms with Gasteiger partial charge in [-0.3, -0.25) is 14.6 Å². The van der Waals surface area contributed by atoms with Gasteiger partial charge in [-0.2, -0.15) is 0 Å². The summed E-state index contributed by atoms with van der Waals surface area (Å²) in [4.78, 5) is 43.5. The first-order chi connectivity index (χ1) is 16.8. The van der Waals surface area contributed by atoms with Crippen LogP contribution in [0.5, 0.6) is 0 Å². The molecule has 1 aliphatic rings. The lowest BCUT2D eigenvalue weighted by Gasteiger charge is -2.25. The average molecular weight is 474 g/mol.